The highest BCUT2D eigenvalue weighted by Crippen LogP contribution is 2.40. The molecule has 21 heavy (non-hydrogen) atoms. The average Bonchev–Trinajstić information content (AvgIpc) is 2.94. The lowest BCUT2D eigenvalue weighted by Gasteiger charge is -2.00. The van der Waals surface area contributed by atoms with Crippen LogP contribution in [0.2, 0.25) is 0 Å². The van der Waals surface area contributed by atoms with Gasteiger partial charge in [0.25, 0.3) is 0 Å². The Kier molecular flexibility index (Phi) is 2.12. The van der Waals surface area contributed by atoms with Gasteiger partial charge in [-0.3, -0.25) is 9.97 Å². The number of aromatic nitrogens is 2. The van der Waals surface area contributed by atoms with E-state index in [2.05, 4.69) is 46.4 Å². The SMILES string of the molecule is c1ccc2c(c1)ccc1c2sc2cnc3cccnc3c21. The molecule has 98 valence electrons. The maximum absolute atomic E-state index is 4.56. The number of benzene rings is 2. The van der Waals surface area contributed by atoms with Crippen LogP contribution < -0.4 is 0 Å². The van der Waals surface area contributed by atoms with Gasteiger partial charge in [0.15, 0.2) is 0 Å². The van der Waals surface area contributed by atoms with Crippen LogP contribution in [0.3, 0.4) is 0 Å². The van der Waals surface area contributed by atoms with Gasteiger partial charge in [-0.2, -0.15) is 0 Å². The lowest BCUT2D eigenvalue weighted by atomic mass is 10.1. The molecule has 0 spiro atoms. The normalized spacial score (nSPS) is 11.8. The van der Waals surface area contributed by atoms with E-state index in [0.717, 1.165) is 11.0 Å². The summed E-state index contributed by atoms with van der Waals surface area (Å²) in [6.07, 6.45) is 3.81. The minimum Gasteiger partial charge on any atom is -0.254 e. The summed E-state index contributed by atoms with van der Waals surface area (Å²) in [5.41, 5.74) is 1.95. The number of fused-ring (bicyclic) bond motifs is 7. The molecule has 0 saturated heterocycles. The topological polar surface area (TPSA) is 25.8 Å². The van der Waals surface area contributed by atoms with Gasteiger partial charge in [-0.25, -0.2) is 0 Å². The van der Waals surface area contributed by atoms with Crippen molar-refractivity contribution < 1.29 is 0 Å². The van der Waals surface area contributed by atoms with E-state index in [9.17, 15) is 0 Å². The zero-order chi connectivity index (χ0) is 13.8. The quantitative estimate of drug-likeness (QED) is 0.393. The van der Waals surface area contributed by atoms with Crippen LogP contribution in [-0.2, 0) is 0 Å². The van der Waals surface area contributed by atoms with E-state index in [4.69, 9.17) is 0 Å². The molecule has 0 N–H and O–H groups in total. The summed E-state index contributed by atoms with van der Waals surface area (Å²) < 4.78 is 2.52. The molecule has 2 nitrogen and oxygen atoms in total. The van der Waals surface area contributed by atoms with Gasteiger partial charge in [0.2, 0.25) is 0 Å². The minimum absolute atomic E-state index is 0.956. The Labute approximate surface area is 124 Å². The second kappa shape index (κ2) is 3.99. The molecular formula is C18H10N2S. The van der Waals surface area contributed by atoms with Crippen LogP contribution in [0.5, 0.6) is 0 Å². The van der Waals surface area contributed by atoms with Crippen molar-refractivity contribution in [2.45, 2.75) is 0 Å². The Bertz CT molecular complexity index is 1140. The lowest BCUT2D eigenvalue weighted by Crippen LogP contribution is -1.82. The lowest BCUT2D eigenvalue weighted by molar-refractivity contribution is 1.37. The van der Waals surface area contributed by atoms with E-state index < -0.39 is 0 Å². The molecule has 0 radical (unpaired) electrons. The molecule has 5 aromatic rings. The molecule has 5 rings (SSSR count). The third-order valence-corrected chi connectivity index (χ3v) is 5.12. The summed E-state index contributed by atoms with van der Waals surface area (Å²) in [5.74, 6) is 0. The summed E-state index contributed by atoms with van der Waals surface area (Å²) in [6.45, 7) is 0. The van der Waals surface area contributed by atoms with E-state index in [1.165, 1.54) is 30.9 Å². The van der Waals surface area contributed by atoms with Gasteiger partial charge in [0, 0.05) is 27.9 Å². The average molecular weight is 286 g/mol. The zero-order valence-electron chi connectivity index (χ0n) is 11.1. The van der Waals surface area contributed by atoms with Crippen molar-refractivity contribution in [3.8, 4) is 0 Å². The van der Waals surface area contributed by atoms with Gasteiger partial charge in [-0.1, -0.05) is 36.4 Å². The number of nitrogens with zero attached hydrogens (tertiary/aromatic N) is 2. The predicted molar refractivity (Wildman–Crippen MR) is 89.9 cm³/mol. The van der Waals surface area contributed by atoms with E-state index in [1.807, 2.05) is 24.5 Å². The fourth-order valence-electron chi connectivity index (χ4n) is 3.00. The first-order valence-electron chi connectivity index (χ1n) is 6.85. The molecule has 3 aromatic heterocycles. The highest BCUT2D eigenvalue weighted by atomic mass is 32.1. The number of pyridine rings is 2. The summed E-state index contributed by atoms with van der Waals surface area (Å²) in [6, 6.07) is 16.9. The van der Waals surface area contributed by atoms with Crippen molar-refractivity contribution in [1.82, 2.24) is 9.97 Å². The molecular weight excluding hydrogens is 276 g/mol. The molecule has 0 unspecified atom stereocenters. The molecule has 0 saturated carbocycles. The van der Waals surface area contributed by atoms with Crippen LogP contribution in [0.4, 0.5) is 0 Å². The van der Waals surface area contributed by atoms with E-state index >= 15 is 0 Å². The first-order chi connectivity index (χ1) is 10.4. The molecule has 0 atom stereocenters. The third kappa shape index (κ3) is 1.46. The number of rotatable bonds is 0. The Balaban J connectivity index is 2.11. The van der Waals surface area contributed by atoms with Crippen LogP contribution >= 0.6 is 11.3 Å². The number of hydrogen-bond donors (Lipinski definition) is 0. The molecule has 0 aliphatic heterocycles. The smallest absolute Gasteiger partial charge is 0.0979 e. The van der Waals surface area contributed by atoms with Crippen LogP contribution in [0, 0.1) is 0 Å². The molecule has 0 aliphatic carbocycles. The number of thiophene rings is 1. The van der Waals surface area contributed by atoms with Crippen molar-refractivity contribution in [1.29, 1.82) is 0 Å². The fourth-order valence-corrected chi connectivity index (χ4v) is 4.21. The maximum Gasteiger partial charge on any atom is 0.0979 e. The monoisotopic (exact) mass is 286 g/mol. The van der Waals surface area contributed by atoms with E-state index in [-0.39, 0.29) is 0 Å². The van der Waals surface area contributed by atoms with E-state index in [0.29, 0.717) is 0 Å². The molecule has 0 fully saturated rings. The van der Waals surface area contributed by atoms with Crippen LogP contribution in [0.25, 0.3) is 42.0 Å². The molecule has 2 aromatic carbocycles. The second-order valence-corrected chi connectivity index (χ2v) is 6.19. The molecule has 0 aliphatic rings. The van der Waals surface area contributed by atoms with Crippen molar-refractivity contribution in [3.05, 3.63) is 60.9 Å². The Morgan fingerprint density at radius 3 is 2.76 bits per heavy atom. The third-order valence-electron chi connectivity index (χ3n) is 3.95. The molecule has 3 heteroatoms. The van der Waals surface area contributed by atoms with Gasteiger partial charge in [0.1, 0.15) is 0 Å². The van der Waals surface area contributed by atoms with Crippen LogP contribution in [0.1, 0.15) is 0 Å². The second-order valence-electron chi connectivity index (χ2n) is 5.13. The highest BCUT2D eigenvalue weighted by molar-refractivity contribution is 7.26. The van der Waals surface area contributed by atoms with Gasteiger partial charge in [0.05, 0.1) is 15.7 Å². The summed E-state index contributed by atoms with van der Waals surface area (Å²) in [7, 11) is 0. The van der Waals surface area contributed by atoms with Crippen LogP contribution in [-0.4, -0.2) is 9.97 Å². The minimum atomic E-state index is 0.956. The summed E-state index contributed by atoms with van der Waals surface area (Å²) >= 11 is 1.80. The Morgan fingerprint density at radius 1 is 0.810 bits per heavy atom. The highest BCUT2D eigenvalue weighted by Gasteiger charge is 2.12. The van der Waals surface area contributed by atoms with Gasteiger partial charge >= 0.3 is 0 Å². The maximum atomic E-state index is 4.56. The molecule has 3 heterocycles. The predicted octanol–water partition coefficient (Wildman–Crippen LogP) is 5.15. The summed E-state index contributed by atoms with van der Waals surface area (Å²) in [5, 5.41) is 5.09. The van der Waals surface area contributed by atoms with Crippen molar-refractivity contribution in [2.24, 2.45) is 0 Å². The van der Waals surface area contributed by atoms with Crippen molar-refractivity contribution in [2.75, 3.05) is 0 Å². The largest absolute Gasteiger partial charge is 0.254 e. The summed E-state index contributed by atoms with van der Waals surface area (Å²) in [4.78, 5) is 9.09. The van der Waals surface area contributed by atoms with Gasteiger partial charge in [-0.05, 0) is 22.9 Å². The zero-order valence-corrected chi connectivity index (χ0v) is 11.9. The van der Waals surface area contributed by atoms with Gasteiger partial charge in [-0.15, -0.1) is 11.3 Å². The molecule has 0 bridgehead atoms. The fraction of sp³-hybridized carbons (Fsp3) is 0. The van der Waals surface area contributed by atoms with E-state index in [1.54, 1.807) is 11.3 Å². The Hall–Kier alpha value is -2.52. The van der Waals surface area contributed by atoms with Crippen molar-refractivity contribution >= 4 is 53.3 Å². The van der Waals surface area contributed by atoms with Crippen molar-refractivity contribution in [3.63, 3.8) is 0 Å². The molecule has 0 amide bonds. The Morgan fingerprint density at radius 2 is 1.76 bits per heavy atom. The van der Waals surface area contributed by atoms with Crippen LogP contribution in [0.15, 0.2) is 60.9 Å². The first kappa shape index (κ1) is 11.2. The van der Waals surface area contributed by atoms with Gasteiger partial charge < -0.3 is 0 Å². The first-order valence-corrected chi connectivity index (χ1v) is 7.67. The standard InChI is InChI=1S/C18H10N2S/c1-2-5-12-11(4-1)7-8-13-16-15(21-18(12)13)10-20-14-6-3-9-19-17(14)16/h1-10H. The number of hydrogen-bond acceptors (Lipinski definition) is 3.